The summed E-state index contributed by atoms with van der Waals surface area (Å²) in [7, 11) is 1.81. The molecule has 0 saturated carbocycles. The summed E-state index contributed by atoms with van der Waals surface area (Å²) in [6.45, 7) is 4.78. The lowest BCUT2D eigenvalue weighted by Gasteiger charge is -2.33. The van der Waals surface area contributed by atoms with Crippen LogP contribution in [0.15, 0.2) is 36.7 Å². The largest absolute Gasteiger partial charge is 0.492 e. The molecule has 0 aliphatic carbocycles. The quantitative estimate of drug-likeness (QED) is 0.701. The van der Waals surface area contributed by atoms with Gasteiger partial charge in [0.15, 0.2) is 5.65 Å². The van der Waals surface area contributed by atoms with Gasteiger partial charge in [-0.25, -0.2) is 13.9 Å². The highest BCUT2D eigenvalue weighted by Crippen LogP contribution is 2.29. The summed E-state index contributed by atoms with van der Waals surface area (Å²) in [4.78, 5) is 6.98. The Bertz CT molecular complexity index is 957. The van der Waals surface area contributed by atoms with Gasteiger partial charge in [0, 0.05) is 37.5 Å². The van der Waals surface area contributed by atoms with Gasteiger partial charge in [0.2, 0.25) is 0 Å². The van der Waals surface area contributed by atoms with Crippen molar-refractivity contribution in [3.8, 4) is 16.9 Å². The summed E-state index contributed by atoms with van der Waals surface area (Å²) in [6, 6.07) is 7.21. The van der Waals surface area contributed by atoms with Crippen LogP contribution >= 0.6 is 0 Å². The van der Waals surface area contributed by atoms with Crippen LogP contribution in [0, 0.1) is 5.82 Å². The van der Waals surface area contributed by atoms with Crippen LogP contribution in [-0.4, -0.2) is 52.3 Å². The van der Waals surface area contributed by atoms with Crippen molar-refractivity contribution in [2.75, 3.05) is 32.1 Å². The Morgan fingerprint density at radius 2 is 2.18 bits per heavy atom. The highest BCUT2D eigenvalue weighted by molar-refractivity contribution is 5.78. The number of nitrogens with zero attached hydrogens (tertiary/aromatic N) is 4. The van der Waals surface area contributed by atoms with E-state index in [1.807, 2.05) is 25.4 Å². The van der Waals surface area contributed by atoms with Gasteiger partial charge in [-0.05, 0) is 50.1 Å². The van der Waals surface area contributed by atoms with Gasteiger partial charge in [-0.1, -0.05) is 6.42 Å². The SMILES string of the molecule is CNc1ccn2ncc(-c3cc(F)cc(OCCN4CCCCC4C)c3)c2n1. The first-order chi connectivity index (χ1) is 13.6. The fourth-order valence-electron chi connectivity index (χ4n) is 3.78. The van der Waals surface area contributed by atoms with Crippen molar-refractivity contribution in [1.29, 1.82) is 0 Å². The second-order valence-corrected chi connectivity index (χ2v) is 7.29. The summed E-state index contributed by atoms with van der Waals surface area (Å²) in [5, 5.41) is 7.34. The molecule has 6 nitrogen and oxygen atoms in total. The Labute approximate surface area is 164 Å². The standard InChI is InChI=1S/C21H26FN5O/c1-15-5-3-4-7-26(15)9-10-28-18-12-16(11-17(22)13-18)19-14-24-27-8-6-20(23-2)25-21(19)27/h6,8,11-15H,3-5,7,9-10H2,1-2H3,(H,23,25). The number of piperidine rings is 1. The van der Waals surface area contributed by atoms with E-state index in [4.69, 9.17) is 4.74 Å². The zero-order valence-electron chi connectivity index (χ0n) is 16.4. The maximum Gasteiger partial charge on any atom is 0.165 e. The van der Waals surface area contributed by atoms with E-state index in [0.717, 1.165) is 24.5 Å². The van der Waals surface area contributed by atoms with Crippen molar-refractivity contribution < 1.29 is 9.13 Å². The molecule has 1 aliphatic rings. The molecule has 28 heavy (non-hydrogen) atoms. The van der Waals surface area contributed by atoms with Crippen molar-refractivity contribution in [3.63, 3.8) is 0 Å². The third-order valence-electron chi connectivity index (χ3n) is 5.40. The number of halogens is 1. The topological polar surface area (TPSA) is 54.7 Å². The second kappa shape index (κ2) is 8.14. The van der Waals surface area contributed by atoms with E-state index in [0.29, 0.717) is 29.6 Å². The Morgan fingerprint density at radius 1 is 1.29 bits per heavy atom. The second-order valence-electron chi connectivity index (χ2n) is 7.29. The monoisotopic (exact) mass is 383 g/mol. The summed E-state index contributed by atoms with van der Waals surface area (Å²) in [6.07, 6.45) is 7.31. The summed E-state index contributed by atoms with van der Waals surface area (Å²) in [5.41, 5.74) is 2.15. The third-order valence-corrected chi connectivity index (χ3v) is 5.40. The van der Waals surface area contributed by atoms with Gasteiger partial charge in [0.25, 0.3) is 0 Å². The van der Waals surface area contributed by atoms with Crippen LogP contribution in [0.5, 0.6) is 5.75 Å². The highest BCUT2D eigenvalue weighted by Gasteiger charge is 2.18. The van der Waals surface area contributed by atoms with Crippen molar-refractivity contribution in [2.45, 2.75) is 32.2 Å². The van der Waals surface area contributed by atoms with Crippen LogP contribution in [0.4, 0.5) is 10.2 Å². The van der Waals surface area contributed by atoms with Crippen LogP contribution in [0.1, 0.15) is 26.2 Å². The minimum Gasteiger partial charge on any atom is -0.492 e. The van der Waals surface area contributed by atoms with Gasteiger partial charge in [-0.3, -0.25) is 4.90 Å². The Kier molecular flexibility index (Phi) is 5.43. The van der Waals surface area contributed by atoms with E-state index in [1.54, 1.807) is 10.7 Å². The zero-order valence-corrected chi connectivity index (χ0v) is 16.4. The first-order valence-electron chi connectivity index (χ1n) is 9.84. The number of hydrogen-bond donors (Lipinski definition) is 1. The predicted molar refractivity (Wildman–Crippen MR) is 108 cm³/mol. The fourth-order valence-corrected chi connectivity index (χ4v) is 3.78. The van der Waals surface area contributed by atoms with Crippen molar-refractivity contribution in [1.82, 2.24) is 19.5 Å². The first-order valence-corrected chi connectivity index (χ1v) is 9.84. The Morgan fingerprint density at radius 3 is 3.00 bits per heavy atom. The molecular formula is C21H26FN5O. The Hall–Kier alpha value is -2.67. The number of fused-ring (bicyclic) bond motifs is 1. The van der Waals surface area contributed by atoms with E-state index in [9.17, 15) is 4.39 Å². The van der Waals surface area contributed by atoms with Gasteiger partial charge in [0.1, 0.15) is 24.0 Å². The molecule has 4 rings (SSSR count). The van der Waals surface area contributed by atoms with E-state index in [-0.39, 0.29) is 5.82 Å². The molecule has 1 unspecified atom stereocenters. The maximum atomic E-state index is 14.3. The molecule has 2 aromatic heterocycles. The number of rotatable bonds is 6. The molecule has 1 aliphatic heterocycles. The average molecular weight is 383 g/mol. The normalized spacial score (nSPS) is 17.8. The summed E-state index contributed by atoms with van der Waals surface area (Å²) >= 11 is 0. The molecule has 3 heterocycles. The number of hydrogen-bond acceptors (Lipinski definition) is 5. The molecule has 1 fully saturated rings. The van der Waals surface area contributed by atoms with Gasteiger partial charge in [0.05, 0.1) is 6.20 Å². The Balaban J connectivity index is 1.52. The van der Waals surface area contributed by atoms with E-state index in [1.165, 1.54) is 31.4 Å². The van der Waals surface area contributed by atoms with Crippen LogP contribution in [-0.2, 0) is 0 Å². The molecule has 0 amide bonds. The number of ether oxygens (including phenoxy) is 1. The molecule has 148 valence electrons. The molecule has 1 saturated heterocycles. The van der Waals surface area contributed by atoms with E-state index >= 15 is 0 Å². The molecule has 1 atom stereocenters. The molecule has 0 radical (unpaired) electrons. The highest BCUT2D eigenvalue weighted by atomic mass is 19.1. The lowest BCUT2D eigenvalue weighted by atomic mass is 10.0. The number of likely N-dealkylation sites (tertiary alicyclic amines) is 1. The smallest absolute Gasteiger partial charge is 0.165 e. The molecule has 7 heteroatoms. The molecule has 0 bridgehead atoms. The van der Waals surface area contributed by atoms with Crippen LogP contribution in [0.3, 0.4) is 0 Å². The van der Waals surface area contributed by atoms with Crippen molar-refractivity contribution >= 4 is 11.5 Å². The molecule has 1 N–H and O–H groups in total. The molecule has 3 aromatic rings. The average Bonchev–Trinajstić information content (AvgIpc) is 3.12. The predicted octanol–water partition coefficient (Wildman–Crippen LogP) is 3.83. The van der Waals surface area contributed by atoms with Gasteiger partial charge in [-0.2, -0.15) is 5.10 Å². The summed E-state index contributed by atoms with van der Waals surface area (Å²) < 4.78 is 21.8. The first kappa shape index (κ1) is 18.7. The van der Waals surface area contributed by atoms with E-state index in [2.05, 4.69) is 27.2 Å². The number of benzene rings is 1. The van der Waals surface area contributed by atoms with Crippen molar-refractivity contribution in [2.24, 2.45) is 0 Å². The number of aromatic nitrogens is 3. The lowest BCUT2D eigenvalue weighted by molar-refractivity contribution is 0.133. The molecular weight excluding hydrogens is 357 g/mol. The lowest BCUT2D eigenvalue weighted by Crippen LogP contribution is -2.39. The molecule has 1 aromatic carbocycles. The van der Waals surface area contributed by atoms with Gasteiger partial charge >= 0.3 is 0 Å². The third kappa shape index (κ3) is 3.94. The minimum atomic E-state index is -0.331. The fraction of sp³-hybridized carbons (Fsp3) is 0.429. The summed E-state index contributed by atoms with van der Waals surface area (Å²) in [5.74, 6) is 0.935. The minimum absolute atomic E-state index is 0.331. The van der Waals surface area contributed by atoms with Crippen molar-refractivity contribution in [3.05, 3.63) is 42.5 Å². The van der Waals surface area contributed by atoms with Gasteiger partial charge < -0.3 is 10.1 Å². The van der Waals surface area contributed by atoms with E-state index < -0.39 is 0 Å². The zero-order chi connectivity index (χ0) is 19.5. The van der Waals surface area contributed by atoms with Crippen LogP contribution in [0.2, 0.25) is 0 Å². The number of anilines is 1. The van der Waals surface area contributed by atoms with Crippen LogP contribution in [0.25, 0.3) is 16.8 Å². The molecule has 0 spiro atoms. The van der Waals surface area contributed by atoms with Crippen LogP contribution < -0.4 is 10.1 Å². The maximum absolute atomic E-state index is 14.3. The van der Waals surface area contributed by atoms with Gasteiger partial charge in [-0.15, -0.1) is 0 Å². The number of nitrogens with one attached hydrogen (secondary N) is 1.